The van der Waals surface area contributed by atoms with Gasteiger partial charge in [-0.3, -0.25) is 5.84 Å². The number of hydrogen-bond donors (Lipinski definition) is 2. The number of nitrogens with two attached hydrogens (primary N) is 1. The second-order valence-electron chi connectivity index (χ2n) is 4.40. The SMILES string of the molecule is COc1ccc(Br)c(C(NN)c2cccc(C)c2)c1. The summed E-state index contributed by atoms with van der Waals surface area (Å²) < 4.78 is 6.27. The van der Waals surface area contributed by atoms with Crippen molar-refractivity contribution >= 4 is 15.9 Å². The highest BCUT2D eigenvalue weighted by atomic mass is 79.9. The van der Waals surface area contributed by atoms with Gasteiger partial charge in [-0.1, -0.05) is 45.8 Å². The minimum absolute atomic E-state index is 0.0793. The Hall–Kier alpha value is -1.36. The molecule has 1 atom stereocenters. The molecule has 0 bridgehead atoms. The molecule has 0 aliphatic carbocycles. The van der Waals surface area contributed by atoms with Crippen LogP contribution in [-0.4, -0.2) is 7.11 Å². The van der Waals surface area contributed by atoms with Gasteiger partial charge in [0.2, 0.25) is 0 Å². The molecule has 0 radical (unpaired) electrons. The van der Waals surface area contributed by atoms with Gasteiger partial charge in [-0.05, 0) is 36.2 Å². The van der Waals surface area contributed by atoms with Crippen LogP contribution in [0.1, 0.15) is 22.7 Å². The zero-order valence-electron chi connectivity index (χ0n) is 11.0. The predicted octanol–water partition coefficient (Wildman–Crippen LogP) is 3.32. The standard InChI is InChI=1S/C15H17BrN2O/c1-10-4-3-5-11(8-10)15(18-17)13-9-12(19-2)6-7-14(13)16/h3-9,15,18H,17H2,1-2H3. The van der Waals surface area contributed by atoms with E-state index in [1.165, 1.54) is 5.56 Å². The van der Waals surface area contributed by atoms with Crippen LogP contribution in [0.5, 0.6) is 5.75 Å². The van der Waals surface area contributed by atoms with Gasteiger partial charge in [-0.2, -0.15) is 0 Å². The number of benzene rings is 2. The third kappa shape index (κ3) is 3.15. The van der Waals surface area contributed by atoms with E-state index in [4.69, 9.17) is 10.6 Å². The average Bonchev–Trinajstić information content (AvgIpc) is 2.42. The lowest BCUT2D eigenvalue weighted by molar-refractivity contribution is 0.413. The van der Waals surface area contributed by atoms with Crippen LogP contribution < -0.4 is 16.0 Å². The van der Waals surface area contributed by atoms with Crippen LogP contribution in [0.3, 0.4) is 0 Å². The third-order valence-electron chi connectivity index (χ3n) is 3.06. The molecule has 1 unspecified atom stereocenters. The molecule has 0 aromatic heterocycles. The maximum Gasteiger partial charge on any atom is 0.119 e. The summed E-state index contributed by atoms with van der Waals surface area (Å²) in [5.74, 6) is 6.55. The van der Waals surface area contributed by atoms with Crippen molar-refractivity contribution in [2.75, 3.05) is 7.11 Å². The van der Waals surface area contributed by atoms with Crippen molar-refractivity contribution in [1.29, 1.82) is 0 Å². The van der Waals surface area contributed by atoms with Crippen molar-refractivity contribution in [3.05, 3.63) is 63.6 Å². The fourth-order valence-corrected chi connectivity index (χ4v) is 2.56. The Balaban J connectivity index is 2.47. The van der Waals surface area contributed by atoms with Gasteiger partial charge in [0.1, 0.15) is 5.75 Å². The van der Waals surface area contributed by atoms with E-state index >= 15 is 0 Å². The molecule has 3 N–H and O–H groups in total. The fraction of sp³-hybridized carbons (Fsp3) is 0.200. The van der Waals surface area contributed by atoms with E-state index in [1.54, 1.807) is 7.11 Å². The van der Waals surface area contributed by atoms with Crippen molar-refractivity contribution in [3.8, 4) is 5.75 Å². The van der Waals surface area contributed by atoms with Crippen LogP contribution in [-0.2, 0) is 0 Å². The van der Waals surface area contributed by atoms with E-state index in [-0.39, 0.29) is 6.04 Å². The number of ether oxygens (including phenoxy) is 1. The molecule has 3 nitrogen and oxygen atoms in total. The van der Waals surface area contributed by atoms with Gasteiger partial charge < -0.3 is 4.74 Å². The first kappa shape index (κ1) is 14.1. The zero-order chi connectivity index (χ0) is 13.8. The molecule has 100 valence electrons. The zero-order valence-corrected chi connectivity index (χ0v) is 12.6. The van der Waals surface area contributed by atoms with Gasteiger partial charge in [0.05, 0.1) is 13.2 Å². The summed E-state index contributed by atoms with van der Waals surface area (Å²) in [7, 11) is 1.66. The Morgan fingerprint density at radius 2 is 2.00 bits per heavy atom. The minimum Gasteiger partial charge on any atom is -0.497 e. The normalized spacial score (nSPS) is 12.2. The molecule has 2 aromatic carbocycles. The van der Waals surface area contributed by atoms with Crippen molar-refractivity contribution in [1.82, 2.24) is 5.43 Å². The molecule has 0 aliphatic heterocycles. The van der Waals surface area contributed by atoms with Gasteiger partial charge >= 0.3 is 0 Å². The molecule has 0 spiro atoms. The Bertz CT molecular complexity index is 572. The highest BCUT2D eigenvalue weighted by Gasteiger charge is 2.16. The number of aryl methyl sites for hydroxylation is 1. The average molecular weight is 321 g/mol. The van der Waals surface area contributed by atoms with E-state index in [0.29, 0.717) is 0 Å². The van der Waals surface area contributed by atoms with E-state index in [9.17, 15) is 0 Å². The molecular weight excluding hydrogens is 304 g/mol. The van der Waals surface area contributed by atoms with Crippen LogP contribution in [0.4, 0.5) is 0 Å². The fourth-order valence-electron chi connectivity index (χ4n) is 2.09. The van der Waals surface area contributed by atoms with Crippen LogP contribution in [0.25, 0.3) is 0 Å². The largest absolute Gasteiger partial charge is 0.497 e. The number of nitrogens with one attached hydrogen (secondary N) is 1. The van der Waals surface area contributed by atoms with Crippen molar-refractivity contribution in [3.63, 3.8) is 0 Å². The molecule has 0 fully saturated rings. The first-order valence-electron chi connectivity index (χ1n) is 6.02. The highest BCUT2D eigenvalue weighted by molar-refractivity contribution is 9.10. The maximum atomic E-state index is 5.74. The maximum absolute atomic E-state index is 5.74. The molecule has 4 heteroatoms. The summed E-state index contributed by atoms with van der Waals surface area (Å²) in [6.45, 7) is 2.07. The lowest BCUT2D eigenvalue weighted by atomic mass is 9.98. The summed E-state index contributed by atoms with van der Waals surface area (Å²) in [5.41, 5.74) is 6.24. The van der Waals surface area contributed by atoms with Crippen molar-refractivity contribution in [2.45, 2.75) is 13.0 Å². The molecule has 0 saturated carbocycles. The molecule has 0 heterocycles. The summed E-state index contributed by atoms with van der Waals surface area (Å²) in [5, 5.41) is 0. The van der Waals surface area contributed by atoms with Crippen LogP contribution >= 0.6 is 15.9 Å². The smallest absolute Gasteiger partial charge is 0.119 e. The van der Waals surface area contributed by atoms with Gasteiger partial charge in [0, 0.05) is 4.47 Å². The number of methoxy groups -OCH3 is 1. The lowest BCUT2D eigenvalue weighted by Crippen LogP contribution is -2.29. The van der Waals surface area contributed by atoms with Gasteiger partial charge in [-0.25, -0.2) is 5.43 Å². The van der Waals surface area contributed by atoms with Gasteiger partial charge in [0.25, 0.3) is 0 Å². The number of hydrazine groups is 1. The number of hydrogen-bond acceptors (Lipinski definition) is 3. The number of rotatable bonds is 4. The number of halogens is 1. The Labute approximate surface area is 121 Å². The molecular formula is C15H17BrN2O. The third-order valence-corrected chi connectivity index (χ3v) is 3.78. The molecule has 0 aliphatic rings. The Morgan fingerprint density at radius 3 is 2.63 bits per heavy atom. The van der Waals surface area contributed by atoms with E-state index in [0.717, 1.165) is 21.3 Å². The monoisotopic (exact) mass is 320 g/mol. The summed E-state index contributed by atoms with van der Waals surface area (Å²) in [6.07, 6.45) is 0. The minimum atomic E-state index is -0.0793. The van der Waals surface area contributed by atoms with Crippen LogP contribution in [0.15, 0.2) is 46.9 Å². The molecule has 2 rings (SSSR count). The highest BCUT2D eigenvalue weighted by Crippen LogP contribution is 2.31. The topological polar surface area (TPSA) is 47.3 Å². The van der Waals surface area contributed by atoms with Gasteiger partial charge in [-0.15, -0.1) is 0 Å². The first-order valence-corrected chi connectivity index (χ1v) is 6.81. The molecule has 0 saturated heterocycles. The van der Waals surface area contributed by atoms with E-state index < -0.39 is 0 Å². The lowest BCUT2D eigenvalue weighted by Gasteiger charge is -2.19. The summed E-state index contributed by atoms with van der Waals surface area (Å²) in [4.78, 5) is 0. The molecule has 19 heavy (non-hydrogen) atoms. The molecule has 2 aromatic rings. The second kappa shape index (κ2) is 6.19. The van der Waals surface area contributed by atoms with E-state index in [2.05, 4.69) is 46.5 Å². The van der Waals surface area contributed by atoms with Crippen molar-refractivity contribution < 1.29 is 4.74 Å². The Morgan fingerprint density at radius 1 is 1.21 bits per heavy atom. The quantitative estimate of drug-likeness (QED) is 0.671. The predicted molar refractivity (Wildman–Crippen MR) is 81.0 cm³/mol. The van der Waals surface area contributed by atoms with Crippen LogP contribution in [0, 0.1) is 6.92 Å². The summed E-state index contributed by atoms with van der Waals surface area (Å²) in [6, 6.07) is 14.1. The summed E-state index contributed by atoms with van der Waals surface area (Å²) >= 11 is 3.57. The van der Waals surface area contributed by atoms with Crippen molar-refractivity contribution in [2.24, 2.45) is 5.84 Å². The molecule has 0 amide bonds. The first-order chi connectivity index (χ1) is 9.15. The second-order valence-corrected chi connectivity index (χ2v) is 5.26. The van der Waals surface area contributed by atoms with E-state index in [1.807, 2.05) is 24.3 Å². The van der Waals surface area contributed by atoms with Gasteiger partial charge in [0.15, 0.2) is 0 Å². The van der Waals surface area contributed by atoms with Crippen LogP contribution in [0.2, 0.25) is 0 Å². The Kier molecular flexibility index (Phi) is 4.58.